The number of aromatic carboxylic acids is 1. The number of rotatable bonds is 3. The van der Waals surface area contributed by atoms with Crippen molar-refractivity contribution in [3.8, 4) is 0 Å². The average Bonchev–Trinajstić information content (AvgIpc) is 2.85. The van der Waals surface area contributed by atoms with E-state index in [0.717, 1.165) is 12.3 Å². The molecule has 0 aliphatic carbocycles. The maximum absolute atomic E-state index is 13.4. The Morgan fingerprint density at radius 2 is 2.05 bits per heavy atom. The minimum Gasteiger partial charge on any atom is -0.478 e. The number of nitrogens with one attached hydrogen (secondary N) is 1. The molecule has 2 N–H and O–H groups in total. The van der Waals surface area contributed by atoms with Gasteiger partial charge in [0.25, 0.3) is 5.91 Å². The minimum absolute atomic E-state index is 0.131. The molecule has 5 nitrogen and oxygen atoms in total. The lowest BCUT2D eigenvalue weighted by atomic mass is 10.2. The molecule has 20 heavy (non-hydrogen) atoms. The van der Waals surface area contributed by atoms with Gasteiger partial charge >= 0.3 is 5.97 Å². The van der Waals surface area contributed by atoms with Crippen LogP contribution in [0.1, 0.15) is 26.5 Å². The molecule has 0 aliphatic heterocycles. The summed E-state index contributed by atoms with van der Waals surface area (Å²) >= 11 is 3.04. The average molecular weight is 342 g/mol. The van der Waals surface area contributed by atoms with Gasteiger partial charge in [0.15, 0.2) is 5.76 Å². The van der Waals surface area contributed by atoms with E-state index in [-0.39, 0.29) is 17.0 Å². The molecule has 0 saturated heterocycles. The van der Waals surface area contributed by atoms with Gasteiger partial charge in [-0.05, 0) is 40.5 Å². The Labute approximate surface area is 121 Å². The smallest absolute Gasteiger partial charge is 0.338 e. The van der Waals surface area contributed by atoms with Crippen LogP contribution in [-0.4, -0.2) is 17.0 Å². The second-order valence-corrected chi connectivity index (χ2v) is 4.89. The van der Waals surface area contributed by atoms with Gasteiger partial charge < -0.3 is 14.8 Å². The summed E-state index contributed by atoms with van der Waals surface area (Å²) in [5.74, 6) is -2.53. The van der Waals surface area contributed by atoms with Gasteiger partial charge in [-0.15, -0.1) is 0 Å². The van der Waals surface area contributed by atoms with Gasteiger partial charge in [0.1, 0.15) is 12.1 Å². The number of carboxylic acid groups (broad SMARTS) is 1. The molecular formula is C13H9BrFNO4. The SMILES string of the molecule is Cc1cc(Br)c(F)cc1NC(=O)c1cc(C(=O)O)co1. The number of hydrogen-bond acceptors (Lipinski definition) is 3. The number of anilines is 1. The number of carbonyl (C=O) groups excluding carboxylic acids is 1. The molecule has 2 aromatic rings. The first kappa shape index (κ1) is 14.3. The summed E-state index contributed by atoms with van der Waals surface area (Å²) in [6.07, 6.45) is 0.965. The second-order valence-electron chi connectivity index (χ2n) is 4.04. The molecule has 0 fully saturated rings. The lowest BCUT2D eigenvalue weighted by molar-refractivity contribution is 0.0696. The lowest BCUT2D eigenvalue weighted by Gasteiger charge is -2.08. The van der Waals surface area contributed by atoms with E-state index in [1.54, 1.807) is 6.92 Å². The quantitative estimate of drug-likeness (QED) is 0.896. The number of carbonyl (C=O) groups is 2. The predicted molar refractivity (Wildman–Crippen MR) is 72.5 cm³/mol. The van der Waals surface area contributed by atoms with E-state index >= 15 is 0 Å². The van der Waals surface area contributed by atoms with E-state index in [1.807, 2.05) is 0 Å². The van der Waals surface area contributed by atoms with Gasteiger partial charge in [-0.2, -0.15) is 0 Å². The minimum atomic E-state index is -1.20. The van der Waals surface area contributed by atoms with Gasteiger partial charge in [0, 0.05) is 11.8 Å². The first-order chi connectivity index (χ1) is 9.38. The van der Waals surface area contributed by atoms with E-state index in [0.29, 0.717) is 10.0 Å². The molecule has 0 atom stereocenters. The van der Waals surface area contributed by atoms with Crippen LogP contribution in [0.5, 0.6) is 0 Å². The number of halogens is 2. The Kier molecular flexibility index (Phi) is 3.89. The molecule has 2 rings (SSSR count). The Hall–Kier alpha value is -2.15. The van der Waals surface area contributed by atoms with Gasteiger partial charge in [0.05, 0.1) is 10.0 Å². The van der Waals surface area contributed by atoms with Crippen molar-refractivity contribution in [3.05, 3.63) is 51.6 Å². The first-order valence-corrected chi connectivity index (χ1v) is 6.26. The molecule has 1 amide bonds. The number of aryl methyl sites for hydroxylation is 1. The summed E-state index contributed by atoms with van der Waals surface area (Å²) in [5.41, 5.74) is 0.800. The number of hydrogen-bond donors (Lipinski definition) is 2. The highest BCUT2D eigenvalue weighted by atomic mass is 79.9. The maximum atomic E-state index is 13.4. The molecule has 7 heteroatoms. The van der Waals surface area contributed by atoms with Crippen LogP contribution >= 0.6 is 15.9 Å². The van der Waals surface area contributed by atoms with E-state index in [1.165, 1.54) is 12.1 Å². The third-order valence-corrected chi connectivity index (χ3v) is 3.19. The summed E-state index contributed by atoms with van der Waals surface area (Å²) in [7, 11) is 0. The Morgan fingerprint density at radius 3 is 2.65 bits per heavy atom. The summed E-state index contributed by atoms with van der Waals surface area (Å²) in [5, 5.41) is 11.2. The molecule has 0 aliphatic rings. The largest absolute Gasteiger partial charge is 0.478 e. The predicted octanol–water partition coefficient (Wildman–Crippen LogP) is 3.44. The van der Waals surface area contributed by atoms with Crippen molar-refractivity contribution < 1.29 is 23.5 Å². The number of furan rings is 1. The Morgan fingerprint density at radius 1 is 1.35 bits per heavy atom. The summed E-state index contributed by atoms with van der Waals surface area (Å²) in [4.78, 5) is 22.6. The number of amides is 1. The summed E-state index contributed by atoms with van der Waals surface area (Å²) in [6, 6.07) is 3.79. The molecule has 0 spiro atoms. The molecule has 1 aromatic heterocycles. The fraction of sp³-hybridized carbons (Fsp3) is 0.0769. The van der Waals surface area contributed by atoms with Crippen molar-refractivity contribution >= 4 is 33.5 Å². The van der Waals surface area contributed by atoms with Crippen LogP contribution in [-0.2, 0) is 0 Å². The Bertz CT molecular complexity index is 696. The Balaban J connectivity index is 2.23. The van der Waals surface area contributed by atoms with Crippen LogP contribution in [0.2, 0.25) is 0 Å². The summed E-state index contributed by atoms with van der Waals surface area (Å²) < 4.78 is 18.6. The van der Waals surface area contributed by atoms with Crippen molar-refractivity contribution in [1.29, 1.82) is 0 Å². The lowest BCUT2D eigenvalue weighted by Crippen LogP contribution is -2.12. The molecule has 1 heterocycles. The third kappa shape index (κ3) is 2.88. The molecule has 104 valence electrons. The summed E-state index contributed by atoms with van der Waals surface area (Å²) in [6.45, 7) is 1.70. The molecule has 0 saturated carbocycles. The van der Waals surface area contributed by atoms with Crippen molar-refractivity contribution in [2.45, 2.75) is 6.92 Å². The highest BCUT2D eigenvalue weighted by Gasteiger charge is 2.16. The monoisotopic (exact) mass is 341 g/mol. The zero-order valence-corrected chi connectivity index (χ0v) is 11.8. The van der Waals surface area contributed by atoms with Crippen LogP contribution < -0.4 is 5.32 Å². The zero-order chi connectivity index (χ0) is 14.9. The van der Waals surface area contributed by atoms with Crippen molar-refractivity contribution in [2.24, 2.45) is 0 Å². The topological polar surface area (TPSA) is 79.5 Å². The highest BCUT2D eigenvalue weighted by Crippen LogP contribution is 2.24. The van der Waals surface area contributed by atoms with Gasteiger partial charge in [0.2, 0.25) is 0 Å². The molecule has 0 unspecified atom stereocenters. The van der Waals surface area contributed by atoms with E-state index in [4.69, 9.17) is 9.52 Å². The van der Waals surface area contributed by atoms with Crippen molar-refractivity contribution in [3.63, 3.8) is 0 Å². The third-order valence-electron chi connectivity index (χ3n) is 2.59. The standard InChI is InChI=1S/C13H9BrFNO4/c1-6-2-8(14)9(15)4-10(6)16-12(17)11-3-7(5-20-11)13(18)19/h2-5H,1H3,(H,16,17)(H,18,19). The van der Waals surface area contributed by atoms with Gasteiger partial charge in [-0.25, -0.2) is 9.18 Å². The fourth-order valence-corrected chi connectivity index (χ4v) is 1.99. The van der Waals surface area contributed by atoms with E-state index in [2.05, 4.69) is 21.2 Å². The number of carboxylic acids is 1. The van der Waals surface area contributed by atoms with Gasteiger partial charge in [-0.1, -0.05) is 0 Å². The van der Waals surface area contributed by atoms with E-state index < -0.39 is 17.7 Å². The number of benzene rings is 1. The van der Waals surface area contributed by atoms with Crippen LogP contribution in [0.15, 0.2) is 33.4 Å². The molecule has 1 aromatic carbocycles. The van der Waals surface area contributed by atoms with E-state index in [9.17, 15) is 14.0 Å². The second kappa shape index (κ2) is 5.46. The van der Waals surface area contributed by atoms with Crippen LogP contribution in [0.25, 0.3) is 0 Å². The molecule has 0 radical (unpaired) electrons. The maximum Gasteiger partial charge on any atom is 0.338 e. The van der Waals surface area contributed by atoms with Crippen LogP contribution in [0, 0.1) is 12.7 Å². The van der Waals surface area contributed by atoms with Crippen LogP contribution in [0.4, 0.5) is 10.1 Å². The molecular weight excluding hydrogens is 333 g/mol. The van der Waals surface area contributed by atoms with Crippen LogP contribution in [0.3, 0.4) is 0 Å². The normalized spacial score (nSPS) is 10.3. The molecule has 0 bridgehead atoms. The fourth-order valence-electron chi connectivity index (χ4n) is 1.53. The highest BCUT2D eigenvalue weighted by molar-refractivity contribution is 9.10. The van der Waals surface area contributed by atoms with Crippen molar-refractivity contribution in [2.75, 3.05) is 5.32 Å². The van der Waals surface area contributed by atoms with Gasteiger partial charge in [-0.3, -0.25) is 4.79 Å². The zero-order valence-electron chi connectivity index (χ0n) is 10.2. The first-order valence-electron chi connectivity index (χ1n) is 5.47. The van der Waals surface area contributed by atoms with Crippen molar-refractivity contribution in [1.82, 2.24) is 0 Å².